The summed E-state index contributed by atoms with van der Waals surface area (Å²) in [6.45, 7) is 8.64. The Labute approximate surface area is 62.1 Å². The Balaban J connectivity index is 2.76. The number of hydrogen-bond acceptors (Lipinski definition) is 2. The van der Waals surface area contributed by atoms with E-state index < -0.39 is 0 Å². The van der Waals surface area contributed by atoms with E-state index >= 15 is 0 Å². The van der Waals surface area contributed by atoms with Crippen molar-refractivity contribution >= 4 is 0 Å². The monoisotopic (exact) mass is 141 g/mol. The van der Waals surface area contributed by atoms with Gasteiger partial charge < -0.3 is 9.47 Å². The highest BCUT2D eigenvalue weighted by Crippen LogP contribution is 1.83. The molecule has 2 heteroatoms. The van der Waals surface area contributed by atoms with Crippen LogP contribution in [0.3, 0.4) is 0 Å². The van der Waals surface area contributed by atoms with Crippen molar-refractivity contribution < 1.29 is 9.47 Å². The summed E-state index contributed by atoms with van der Waals surface area (Å²) in [5.74, 6) is 0. The van der Waals surface area contributed by atoms with Crippen LogP contribution in [0.15, 0.2) is 25.5 Å². The maximum absolute atomic E-state index is 5.04. The Morgan fingerprint density at radius 2 is 1.90 bits per heavy atom. The molecule has 0 unspecified atom stereocenters. The molecule has 0 aromatic heterocycles. The van der Waals surface area contributed by atoms with Crippen molar-refractivity contribution in [3.8, 4) is 0 Å². The lowest BCUT2D eigenvalue weighted by atomic mass is 10.5. The largest absolute Gasteiger partial charge is 0.501 e. The van der Waals surface area contributed by atoms with Crippen LogP contribution >= 0.6 is 0 Å². The van der Waals surface area contributed by atoms with E-state index in [-0.39, 0.29) is 0 Å². The molecular weight excluding hydrogens is 128 g/mol. The summed E-state index contributed by atoms with van der Waals surface area (Å²) in [5, 5.41) is 0. The molecule has 0 saturated heterocycles. The minimum absolute atomic E-state index is 0.556. The Bertz CT molecular complexity index is 77.3. The van der Waals surface area contributed by atoms with Gasteiger partial charge in [0.1, 0.15) is 0 Å². The minimum Gasteiger partial charge on any atom is -0.501 e. The van der Waals surface area contributed by atoms with E-state index in [1.807, 2.05) is 6.42 Å². The molecule has 0 N–H and O–H groups in total. The third-order valence-corrected chi connectivity index (χ3v) is 0.803. The fourth-order valence-corrected chi connectivity index (χ4v) is 0.419. The second-order valence-corrected chi connectivity index (χ2v) is 1.61. The average Bonchev–Trinajstić information content (AvgIpc) is 1.97. The normalized spacial score (nSPS) is 8.80. The molecule has 0 aliphatic heterocycles. The Kier molecular flexibility index (Phi) is 7.61. The smallest absolute Gasteiger partial charge is 0.0928 e. The minimum atomic E-state index is 0.556. The van der Waals surface area contributed by atoms with Crippen LogP contribution in [0.5, 0.6) is 0 Å². The van der Waals surface area contributed by atoms with Gasteiger partial charge in [0.15, 0.2) is 0 Å². The molecule has 0 saturated carbocycles. The zero-order chi connectivity index (χ0) is 7.66. The summed E-state index contributed by atoms with van der Waals surface area (Å²) >= 11 is 0. The van der Waals surface area contributed by atoms with Gasteiger partial charge in [0, 0.05) is 6.42 Å². The van der Waals surface area contributed by atoms with Crippen molar-refractivity contribution in [2.45, 2.75) is 0 Å². The second-order valence-electron chi connectivity index (χ2n) is 1.61. The molecule has 10 heavy (non-hydrogen) atoms. The van der Waals surface area contributed by atoms with Crippen LogP contribution in [0.25, 0.3) is 0 Å². The van der Waals surface area contributed by atoms with E-state index in [1.165, 1.54) is 6.26 Å². The highest BCUT2D eigenvalue weighted by molar-refractivity contribution is 4.68. The Morgan fingerprint density at radius 1 is 1.10 bits per heavy atom. The molecule has 57 valence electrons. The standard InChI is InChI=1S/C8H13O2/c1-3-6-10-8-5-7-9-4-2/h3-5H,1-2,6-8H2. The molecule has 0 rings (SSSR count). The van der Waals surface area contributed by atoms with Gasteiger partial charge in [0.2, 0.25) is 0 Å². The van der Waals surface area contributed by atoms with E-state index in [4.69, 9.17) is 9.47 Å². The maximum Gasteiger partial charge on any atom is 0.0928 e. The lowest BCUT2D eigenvalue weighted by molar-refractivity contribution is 0.167. The molecule has 0 aliphatic rings. The number of rotatable bonds is 7. The number of ether oxygens (including phenoxy) is 2. The van der Waals surface area contributed by atoms with Gasteiger partial charge in [-0.3, -0.25) is 0 Å². The lowest BCUT2D eigenvalue weighted by Crippen LogP contribution is -1.98. The van der Waals surface area contributed by atoms with Crippen LogP contribution in [-0.2, 0) is 9.47 Å². The van der Waals surface area contributed by atoms with Gasteiger partial charge in [-0.1, -0.05) is 12.7 Å². The molecular formula is C8H13O2. The molecule has 0 amide bonds. The predicted molar refractivity (Wildman–Crippen MR) is 41.5 cm³/mol. The zero-order valence-electron chi connectivity index (χ0n) is 6.08. The Hall–Kier alpha value is -0.760. The van der Waals surface area contributed by atoms with Crippen molar-refractivity contribution in [3.63, 3.8) is 0 Å². The molecule has 1 radical (unpaired) electrons. The molecule has 0 aromatic carbocycles. The highest BCUT2D eigenvalue weighted by atomic mass is 16.5. The first-order valence-corrected chi connectivity index (χ1v) is 3.14. The predicted octanol–water partition coefficient (Wildman–Crippen LogP) is 1.55. The molecule has 0 aliphatic carbocycles. The quantitative estimate of drug-likeness (QED) is 0.304. The van der Waals surface area contributed by atoms with Crippen LogP contribution < -0.4 is 0 Å². The van der Waals surface area contributed by atoms with Crippen LogP contribution in [0.2, 0.25) is 0 Å². The SMILES string of the molecule is C=CCOC[CH]COC=C. The third kappa shape index (κ3) is 7.24. The molecule has 0 heterocycles. The van der Waals surface area contributed by atoms with E-state index in [9.17, 15) is 0 Å². The first-order valence-electron chi connectivity index (χ1n) is 3.14. The Morgan fingerprint density at radius 3 is 2.50 bits per heavy atom. The van der Waals surface area contributed by atoms with Crippen molar-refractivity contribution in [1.82, 2.24) is 0 Å². The van der Waals surface area contributed by atoms with Crippen molar-refractivity contribution in [1.29, 1.82) is 0 Å². The summed E-state index contributed by atoms with van der Waals surface area (Å²) in [4.78, 5) is 0. The van der Waals surface area contributed by atoms with Crippen LogP contribution in [0.1, 0.15) is 0 Å². The number of hydrogen-bond donors (Lipinski definition) is 0. The van der Waals surface area contributed by atoms with Gasteiger partial charge in [0.05, 0.1) is 26.1 Å². The van der Waals surface area contributed by atoms with Crippen LogP contribution in [-0.4, -0.2) is 19.8 Å². The molecule has 0 spiro atoms. The van der Waals surface area contributed by atoms with Gasteiger partial charge in [-0.2, -0.15) is 0 Å². The van der Waals surface area contributed by atoms with Gasteiger partial charge in [-0.05, 0) is 0 Å². The van der Waals surface area contributed by atoms with Gasteiger partial charge >= 0.3 is 0 Å². The first-order chi connectivity index (χ1) is 4.91. The zero-order valence-corrected chi connectivity index (χ0v) is 6.08. The summed E-state index contributed by atoms with van der Waals surface area (Å²) < 4.78 is 9.86. The van der Waals surface area contributed by atoms with Crippen LogP contribution in [0, 0.1) is 6.42 Å². The van der Waals surface area contributed by atoms with Crippen molar-refractivity contribution in [3.05, 3.63) is 31.9 Å². The van der Waals surface area contributed by atoms with Crippen LogP contribution in [0.4, 0.5) is 0 Å². The summed E-state index contributed by atoms with van der Waals surface area (Å²) in [6, 6.07) is 0. The highest BCUT2D eigenvalue weighted by Gasteiger charge is 1.85. The lowest BCUT2D eigenvalue weighted by Gasteiger charge is -1.99. The molecule has 0 fully saturated rings. The third-order valence-electron chi connectivity index (χ3n) is 0.803. The van der Waals surface area contributed by atoms with E-state index in [0.717, 1.165) is 0 Å². The fraction of sp³-hybridized carbons (Fsp3) is 0.375. The topological polar surface area (TPSA) is 18.5 Å². The van der Waals surface area contributed by atoms with Gasteiger partial charge in [-0.25, -0.2) is 0 Å². The molecule has 0 aromatic rings. The molecule has 2 nitrogen and oxygen atoms in total. The van der Waals surface area contributed by atoms with E-state index in [2.05, 4.69) is 13.2 Å². The summed E-state index contributed by atoms with van der Waals surface area (Å²) in [6.07, 6.45) is 5.00. The van der Waals surface area contributed by atoms with Gasteiger partial charge in [-0.15, -0.1) is 6.58 Å². The summed E-state index contributed by atoms with van der Waals surface area (Å²) in [7, 11) is 0. The van der Waals surface area contributed by atoms with Crippen molar-refractivity contribution in [2.24, 2.45) is 0 Å². The maximum atomic E-state index is 5.04. The van der Waals surface area contributed by atoms with Crippen molar-refractivity contribution in [2.75, 3.05) is 19.8 Å². The average molecular weight is 141 g/mol. The van der Waals surface area contributed by atoms with Gasteiger partial charge in [0.25, 0.3) is 0 Å². The first kappa shape index (κ1) is 9.24. The fourth-order valence-electron chi connectivity index (χ4n) is 0.419. The molecule has 0 atom stereocenters. The molecule has 0 bridgehead atoms. The van der Waals surface area contributed by atoms with E-state index in [1.54, 1.807) is 6.08 Å². The van der Waals surface area contributed by atoms with E-state index in [0.29, 0.717) is 19.8 Å². The second kappa shape index (κ2) is 8.24. The summed E-state index contributed by atoms with van der Waals surface area (Å²) in [5.41, 5.74) is 0.